The monoisotopic (exact) mass is 410 g/mol. The molecule has 0 amide bonds. The smallest absolute Gasteiger partial charge is 0.166 e. The molecule has 0 aliphatic carbocycles. The van der Waals surface area contributed by atoms with Gasteiger partial charge in [0.05, 0.1) is 0 Å². The molecule has 2 N–H and O–H groups in total. The fraction of sp³-hybridized carbons (Fsp3) is 0.0588. The van der Waals surface area contributed by atoms with E-state index in [2.05, 4.69) is 29.0 Å². The summed E-state index contributed by atoms with van der Waals surface area (Å²) in [6, 6.07) is 22.0. The zero-order valence-electron chi connectivity index (χ0n) is 11.9. The van der Waals surface area contributed by atoms with Gasteiger partial charge in [0, 0.05) is 24.3 Å². The van der Waals surface area contributed by atoms with Gasteiger partial charge in [0.2, 0.25) is 0 Å². The third kappa shape index (κ3) is 14.7. The van der Waals surface area contributed by atoms with Crippen LogP contribution in [0.2, 0.25) is 0 Å². The predicted molar refractivity (Wildman–Crippen MR) is 77.2 cm³/mol. The molecule has 0 bridgehead atoms. The van der Waals surface area contributed by atoms with Gasteiger partial charge in [-0.15, -0.1) is 0 Å². The molecular weight excluding hydrogens is 392 g/mol. The van der Waals surface area contributed by atoms with Crippen molar-refractivity contribution >= 4 is 0 Å². The molecule has 0 aliphatic heterocycles. The molecule has 21 heavy (non-hydrogen) atoms. The van der Waals surface area contributed by atoms with Crippen LogP contribution in [0.4, 0.5) is 0 Å². The first-order chi connectivity index (χ1) is 9.39. The summed E-state index contributed by atoms with van der Waals surface area (Å²) >= 11 is 0. The van der Waals surface area contributed by atoms with Crippen molar-refractivity contribution < 1.29 is 43.9 Å². The van der Waals surface area contributed by atoms with Crippen molar-refractivity contribution in [2.24, 2.45) is 0 Å². The van der Waals surface area contributed by atoms with Crippen LogP contribution in [0.3, 0.4) is 0 Å². The first kappa shape index (κ1) is 21.8. The number of halogens is 2. The molecule has 0 radical (unpaired) electrons. The molecule has 4 heteroatoms. The van der Waals surface area contributed by atoms with Crippen LogP contribution in [0.25, 0.3) is 0 Å². The summed E-state index contributed by atoms with van der Waals surface area (Å²) in [6.45, 7) is 2.08. The van der Waals surface area contributed by atoms with Crippen LogP contribution in [0.15, 0.2) is 91.5 Å². The van der Waals surface area contributed by atoms with Gasteiger partial charge < -0.3 is 34.0 Å². The maximum Gasteiger partial charge on any atom is 0.166 e. The topological polar surface area (TPSA) is 28.3 Å². The fourth-order valence-corrected chi connectivity index (χ4v) is 1.22. The Hall–Kier alpha value is -1.52. The highest BCUT2D eigenvalue weighted by molar-refractivity contribution is 5.11. The molecule has 2 nitrogen and oxygen atoms in total. The normalized spacial score (nSPS) is 7.48. The van der Waals surface area contributed by atoms with E-state index in [1.165, 1.54) is 5.56 Å². The van der Waals surface area contributed by atoms with Crippen LogP contribution >= 0.6 is 0 Å². The molecule has 3 aromatic rings. The summed E-state index contributed by atoms with van der Waals surface area (Å²) in [5.74, 6) is 0. The molecule has 0 spiro atoms. The largest absolute Gasteiger partial charge is 1.00 e. The number of hydrogen-bond donors (Lipinski definition) is 0. The molecule has 1 aromatic carbocycles. The van der Waals surface area contributed by atoms with Crippen LogP contribution in [-0.4, -0.2) is 0 Å². The van der Waals surface area contributed by atoms with Crippen LogP contribution < -0.4 is 43.9 Å². The Kier molecular flexibility index (Phi) is 17.1. The van der Waals surface area contributed by atoms with Gasteiger partial charge in [0.25, 0.3) is 0 Å². The van der Waals surface area contributed by atoms with E-state index in [4.69, 9.17) is 0 Å². The summed E-state index contributed by atoms with van der Waals surface area (Å²) in [7, 11) is 0. The van der Waals surface area contributed by atoms with Crippen molar-refractivity contribution in [3.05, 3.63) is 97.1 Å². The molecule has 112 valence electrons. The number of pyridine rings is 2. The van der Waals surface area contributed by atoms with Crippen LogP contribution in [0.5, 0.6) is 0 Å². The quantitative estimate of drug-likeness (QED) is 0.377. The van der Waals surface area contributed by atoms with Crippen LogP contribution in [0.1, 0.15) is 5.56 Å². The van der Waals surface area contributed by atoms with Gasteiger partial charge >= 0.3 is 0 Å². The Morgan fingerprint density at radius 1 is 0.524 bits per heavy atom. The summed E-state index contributed by atoms with van der Waals surface area (Å²) in [4.78, 5) is 5.78. The lowest BCUT2D eigenvalue weighted by atomic mass is 10.2. The molecule has 0 saturated carbocycles. The molecule has 0 unspecified atom stereocenters. The minimum Gasteiger partial charge on any atom is -1.00 e. The van der Waals surface area contributed by atoms with E-state index in [1.54, 1.807) is 0 Å². The average Bonchev–Trinajstić information content (AvgIpc) is 2.53. The average molecular weight is 412 g/mol. The lowest BCUT2D eigenvalue weighted by Crippen LogP contribution is -3.00. The number of benzene rings is 1. The predicted octanol–water partition coefficient (Wildman–Crippen LogP) is -3.00. The van der Waals surface area contributed by atoms with E-state index < -0.39 is 0 Å². The molecule has 2 aromatic heterocycles. The lowest BCUT2D eigenvalue weighted by Gasteiger charge is -1.82. The third-order valence-corrected chi connectivity index (χ3v) is 2.15. The molecular formula is C17H20Br2N2. The summed E-state index contributed by atoms with van der Waals surface area (Å²) in [6.07, 6.45) is 7.50. The van der Waals surface area contributed by atoms with E-state index in [0.29, 0.717) is 0 Å². The van der Waals surface area contributed by atoms with E-state index >= 15 is 0 Å². The van der Waals surface area contributed by atoms with Gasteiger partial charge in [0.1, 0.15) is 0 Å². The number of rotatable bonds is 0. The first-order valence-corrected chi connectivity index (χ1v) is 6.23. The molecule has 0 fully saturated rings. The number of H-pyrrole nitrogens is 2. The number of aromatic nitrogens is 2. The highest BCUT2D eigenvalue weighted by Gasteiger charge is 1.72. The van der Waals surface area contributed by atoms with Gasteiger partial charge in [0.15, 0.2) is 24.8 Å². The molecule has 2 heterocycles. The second kappa shape index (κ2) is 16.5. The Balaban J connectivity index is 0. The van der Waals surface area contributed by atoms with Crippen molar-refractivity contribution in [3.63, 3.8) is 0 Å². The summed E-state index contributed by atoms with van der Waals surface area (Å²) in [5.41, 5.74) is 1.32. The van der Waals surface area contributed by atoms with Crippen molar-refractivity contribution in [2.75, 3.05) is 0 Å². The molecule has 0 saturated heterocycles. The highest BCUT2D eigenvalue weighted by atomic mass is 79.9. The Labute approximate surface area is 147 Å². The van der Waals surface area contributed by atoms with Crippen molar-refractivity contribution in [2.45, 2.75) is 6.92 Å². The van der Waals surface area contributed by atoms with E-state index in [9.17, 15) is 0 Å². The molecule has 0 aliphatic rings. The highest BCUT2D eigenvalue weighted by Crippen LogP contribution is 1.92. The van der Waals surface area contributed by atoms with E-state index in [0.717, 1.165) is 0 Å². The second-order valence-corrected chi connectivity index (χ2v) is 3.81. The summed E-state index contributed by atoms with van der Waals surface area (Å²) in [5, 5.41) is 0. The van der Waals surface area contributed by atoms with Crippen molar-refractivity contribution in [3.8, 4) is 0 Å². The Morgan fingerprint density at radius 2 is 0.857 bits per heavy atom. The lowest BCUT2D eigenvalue weighted by molar-refractivity contribution is -0.378. The minimum absolute atomic E-state index is 0. The van der Waals surface area contributed by atoms with Gasteiger partial charge in [-0.25, -0.2) is 9.97 Å². The maximum atomic E-state index is 2.89. The zero-order valence-corrected chi connectivity index (χ0v) is 15.1. The Morgan fingerprint density at radius 3 is 1.00 bits per heavy atom. The summed E-state index contributed by atoms with van der Waals surface area (Å²) < 4.78 is 0. The zero-order chi connectivity index (χ0) is 13.6. The van der Waals surface area contributed by atoms with Gasteiger partial charge in [-0.2, -0.15) is 0 Å². The van der Waals surface area contributed by atoms with E-state index in [1.807, 2.05) is 79.4 Å². The SMILES string of the molecule is Cc1ccccc1.[Br-].[Br-].c1cc[nH+]cc1.c1cc[nH+]cc1. The van der Waals surface area contributed by atoms with E-state index in [-0.39, 0.29) is 34.0 Å². The number of aryl methyl sites for hydroxylation is 1. The first-order valence-electron chi connectivity index (χ1n) is 6.23. The molecule has 3 rings (SSSR count). The van der Waals surface area contributed by atoms with Crippen molar-refractivity contribution in [1.82, 2.24) is 0 Å². The fourth-order valence-electron chi connectivity index (χ4n) is 1.22. The number of aromatic amines is 2. The minimum atomic E-state index is 0. The second-order valence-electron chi connectivity index (χ2n) is 3.81. The van der Waals surface area contributed by atoms with Gasteiger partial charge in [-0.05, 0) is 6.92 Å². The van der Waals surface area contributed by atoms with Gasteiger partial charge in [-0.3, -0.25) is 0 Å². The number of hydrogen-bond acceptors (Lipinski definition) is 0. The van der Waals surface area contributed by atoms with Crippen LogP contribution in [-0.2, 0) is 0 Å². The van der Waals surface area contributed by atoms with Gasteiger partial charge in [-0.1, -0.05) is 48.0 Å². The van der Waals surface area contributed by atoms with Crippen LogP contribution in [0, 0.1) is 6.92 Å². The number of nitrogens with one attached hydrogen (secondary N) is 2. The van der Waals surface area contributed by atoms with Crippen molar-refractivity contribution in [1.29, 1.82) is 0 Å². The Bertz CT molecular complexity index is 420. The standard InChI is InChI=1S/C7H8.2C5H5N.2BrH/c1-7-5-3-2-4-6-7;2*1-2-4-6-5-3-1;;/h2-6H,1H3;2*1-5H;2*1H. The maximum absolute atomic E-state index is 2.89. The molecule has 0 atom stereocenters. The third-order valence-electron chi connectivity index (χ3n) is 2.15.